The Bertz CT molecular complexity index is 641. The molecule has 2 aromatic heterocycles. The molecule has 2 aromatic rings. The maximum absolute atomic E-state index is 12.1. The average molecular weight is 361 g/mol. The zero-order valence-electron chi connectivity index (χ0n) is 13.0. The number of piperazine rings is 1. The molecule has 0 atom stereocenters. The smallest absolute Gasteiger partial charge is 0.287 e. The Morgan fingerprint density at radius 3 is 2.83 bits per heavy atom. The lowest BCUT2D eigenvalue weighted by atomic mass is 10.3. The van der Waals surface area contributed by atoms with Crippen molar-refractivity contribution in [3.63, 3.8) is 0 Å². The highest BCUT2D eigenvalue weighted by molar-refractivity contribution is 5.95. The number of nitrogens with zero attached hydrogens (tertiary/aromatic N) is 2. The number of halogens is 2. The normalized spacial score (nSPS) is 14.8. The van der Waals surface area contributed by atoms with E-state index in [-0.39, 0.29) is 30.7 Å². The van der Waals surface area contributed by atoms with Gasteiger partial charge in [0.25, 0.3) is 5.91 Å². The summed E-state index contributed by atoms with van der Waals surface area (Å²) in [6.45, 7) is 7.51. The van der Waals surface area contributed by atoms with E-state index in [1.165, 1.54) is 0 Å². The maximum Gasteiger partial charge on any atom is 0.287 e. The number of carbonyl (C=O) groups excluding carboxylic acids is 1. The van der Waals surface area contributed by atoms with E-state index in [1.807, 2.05) is 19.1 Å². The van der Waals surface area contributed by atoms with Gasteiger partial charge in [0.1, 0.15) is 5.52 Å². The van der Waals surface area contributed by atoms with Gasteiger partial charge in [-0.3, -0.25) is 9.69 Å². The minimum absolute atomic E-state index is 0. The number of pyridine rings is 1. The summed E-state index contributed by atoms with van der Waals surface area (Å²) in [6.07, 6.45) is 0. The number of furan rings is 1. The van der Waals surface area contributed by atoms with Crippen LogP contribution in [0.5, 0.6) is 0 Å². The SMILES string of the molecule is Cc1ccc2oc(C(=O)NCCN3CCNCC3)cc2n1.Cl.Cl. The van der Waals surface area contributed by atoms with Crippen LogP contribution in [0.3, 0.4) is 0 Å². The zero-order valence-corrected chi connectivity index (χ0v) is 14.6. The molecule has 8 heteroatoms. The largest absolute Gasteiger partial charge is 0.449 e. The van der Waals surface area contributed by atoms with Crippen LogP contribution in [-0.4, -0.2) is 55.1 Å². The predicted molar refractivity (Wildman–Crippen MR) is 94.9 cm³/mol. The van der Waals surface area contributed by atoms with Gasteiger partial charge in [0.2, 0.25) is 0 Å². The van der Waals surface area contributed by atoms with Crippen molar-refractivity contribution in [2.75, 3.05) is 39.3 Å². The first-order chi connectivity index (χ1) is 10.2. The van der Waals surface area contributed by atoms with E-state index in [9.17, 15) is 4.79 Å². The summed E-state index contributed by atoms with van der Waals surface area (Å²) in [5.74, 6) is 0.143. The number of hydrogen-bond donors (Lipinski definition) is 2. The van der Waals surface area contributed by atoms with Gasteiger partial charge < -0.3 is 15.1 Å². The monoisotopic (exact) mass is 360 g/mol. The standard InChI is InChI=1S/C15H20N4O2.2ClH/c1-11-2-3-13-12(18-11)10-14(21-13)15(20)17-6-9-19-7-4-16-5-8-19;;/h2-3,10,16H,4-9H2,1H3,(H,17,20);2*1H. The van der Waals surface area contributed by atoms with E-state index in [0.717, 1.165) is 43.9 Å². The van der Waals surface area contributed by atoms with E-state index in [0.29, 0.717) is 17.9 Å². The summed E-state index contributed by atoms with van der Waals surface area (Å²) in [4.78, 5) is 18.8. The Morgan fingerprint density at radius 1 is 1.35 bits per heavy atom. The lowest BCUT2D eigenvalue weighted by Gasteiger charge is -2.26. The van der Waals surface area contributed by atoms with E-state index in [2.05, 4.69) is 20.5 Å². The molecule has 0 aliphatic carbocycles. The molecular formula is C15H22Cl2N4O2. The molecule has 0 saturated carbocycles. The van der Waals surface area contributed by atoms with E-state index < -0.39 is 0 Å². The Hall–Kier alpha value is -1.34. The number of amides is 1. The summed E-state index contributed by atoms with van der Waals surface area (Å²) in [6, 6.07) is 5.41. The first kappa shape index (κ1) is 19.7. The Kier molecular flexibility index (Phi) is 7.78. The van der Waals surface area contributed by atoms with Crippen LogP contribution in [0.15, 0.2) is 22.6 Å². The minimum Gasteiger partial charge on any atom is -0.449 e. The van der Waals surface area contributed by atoms with E-state index in [4.69, 9.17) is 4.42 Å². The van der Waals surface area contributed by atoms with Crippen LogP contribution < -0.4 is 10.6 Å². The molecule has 0 unspecified atom stereocenters. The summed E-state index contributed by atoms with van der Waals surface area (Å²) >= 11 is 0. The third kappa shape index (κ3) is 5.07. The van der Waals surface area contributed by atoms with Crippen LogP contribution in [0, 0.1) is 6.92 Å². The second kappa shape index (κ2) is 9.08. The van der Waals surface area contributed by atoms with Crippen molar-refractivity contribution in [3.05, 3.63) is 29.7 Å². The van der Waals surface area contributed by atoms with Gasteiger partial charge in [-0.15, -0.1) is 24.8 Å². The van der Waals surface area contributed by atoms with Gasteiger partial charge in [-0.1, -0.05) is 0 Å². The van der Waals surface area contributed by atoms with Crippen molar-refractivity contribution in [2.45, 2.75) is 6.92 Å². The highest BCUT2D eigenvalue weighted by Gasteiger charge is 2.14. The second-order valence-electron chi connectivity index (χ2n) is 5.29. The van der Waals surface area contributed by atoms with Crippen LogP contribution in [0.2, 0.25) is 0 Å². The van der Waals surface area contributed by atoms with Crippen molar-refractivity contribution in [2.24, 2.45) is 0 Å². The summed E-state index contributed by atoms with van der Waals surface area (Å²) < 4.78 is 5.53. The van der Waals surface area contributed by atoms with Gasteiger partial charge in [-0.2, -0.15) is 0 Å². The van der Waals surface area contributed by atoms with Gasteiger partial charge >= 0.3 is 0 Å². The van der Waals surface area contributed by atoms with Crippen LogP contribution in [0.25, 0.3) is 11.1 Å². The molecule has 6 nitrogen and oxygen atoms in total. The molecule has 0 spiro atoms. The van der Waals surface area contributed by atoms with E-state index >= 15 is 0 Å². The predicted octanol–water partition coefficient (Wildman–Crippen LogP) is 1.61. The van der Waals surface area contributed by atoms with Crippen LogP contribution in [-0.2, 0) is 0 Å². The Morgan fingerprint density at radius 2 is 2.09 bits per heavy atom. The molecule has 3 rings (SSSR count). The molecule has 1 aliphatic heterocycles. The Labute approximate surface area is 147 Å². The number of aryl methyl sites for hydroxylation is 1. The van der Waals surface area contributed by atoms with Gasteiger partial charge in [0, 0.05) is 51.0 Å². The number of aromatic nitrogens is 1. The van der Waals surface area contributed by atoms with E-state index in [1.54, 1.807) is 6.07 Å². The first-order valence-corrected chi connectivity index (χ1v) is 7.31. The lowest BCUT2D eigenvalue weighted by Crippen LogP contribution is -2.46. The van der Waals surface area contributed by atoms with Crippen LogP contribution in [0.4, 0.5) is 0 Å². The summed E-state index contributed by atoms with van der Waals surface area (Å²) in [7, 11) is 0. The van der Waals surface area contributed by atoms with Crippen molar-refractivity contribution in [1.29, 1.82) is 0 Å². The number of fused-ring (bicyclic) bond motifs is 1. The number of carbonyl (C=O) groups is 1. The average Bonchev–Trinajstić information content (AvgIpc) is 2.91. The summed E-state index contributed by atoms with van der Waals surface area (Å²) in [5, 5.41) is 6.21. The molecule has 0 bridgehead atoms. The quantitative estimate of drug-likeness (QED) is 0.866. The molecule has 23 heavy (non-hydrogen) atoms. The number of nitrogens with one attached hydrogen (secondary N) is 2. The number of hydrogen-bond acceptors (Lipinski definition) is 5. The van der Waals surface area contributed by atoms with Crippen LogP contribution >= 0.6 is 24.8 Å². The van der Waals surface area contributed by atoms with Crippen molar-refractivity contribution in [1.82, 2.24) is 20.5 Å². The minimum atomic E-state index is -0.180. The maximum atomic E-state index is 12.1. The topological polar surface area (TPSA) is 70.4 Å². The molecule has 1 amide bonds. The van der Waals surface area contributed by atoms with Gasteiger partial charge in [-0.05, 0) is 19.1 Å². The zero-order chi connectivity index (χ0) is 14.7. The molecule has 0 aromatic carbocycles. The van der Waals surface area contributed by atoms with Gasteiger partial charge in [0.15, 0.2) is 11.3 Å². The molecule has 2 N–H and O–H groups in total. The van der Waals surface area contributed by atoms with Crippen molar-refractivity contribution in [3.8, 4) is 0 Å². The second-order valence-corrected chi connectivity index (χ2v) is 5.29. The Balaban J connectivity index is 0.00000132. The number of rotatable bonds is 4. The fourth-order valence-corrected chi connectivity index (χ4v) is 2.49. The fraction of sp³-hybridized carbons (Fsp3) is 0.467. The lowest BCUT2D eigenvalue weighted by molar-refractivity contribution is 0.0922. The molecule has 128 valence electrons. The molecule has 1 saturated heterocycles. The van der Waals surface area contributed by atoms with Crippen molar-refractivity contribution < 1.29 is 9.21 Å². The van der Waals surface area contributed by atoms with Crippen molar-refractivity contribution >= 4 is 41.8 Å². The van der Waals surface area contributed by atoms with Crippen LogP contribution in [0.1, 0.15) is 16.2 Å². The molecule has 1 fully saturated rings. The third-order valence-electron chi connectivity index (χ3n) is 3.66. The third-order valence-corrected chi connectivity index (χ3v) is 3.66. The molecule has 3 heterocycles. The summed E-state index contributed by atoms with van der Waals surface area (Å²) in [5.41, 5.74) is 2.28. The molecule has 1 aliphatic rings. The highest BCUT2D eigenvalue weighted by atomic mass is 35.5. The first-order valence-electron chi connectivity index (χ1n) is 7.31. The molecule has 0 radical (unpaired) electrons. The molecular weight excluding hydrogens is 339 g/mol. The highest BCUT2D eigenvalue weighted by Crippen LogP contribution is 2.17. The van der Waals surface area contributed by atoms with Gasteiger partial charge in [-0.25, -0.2) is 4.98 Å². The fourth-order valence-electron chi connectivity index (χ4n) is 2.49. The van der Waals surface area contributed by atoms with Gasteiger partial charge in [0.05, 0.1) is 0 Å².